The van der Waals surface area contributed by atoms with Crippen LogP contribution in [0.5, 0.6) is 0 Å². The molecule has 0 aromatic heterocycles. The second-order valence-electron chi connectivity index (χ2n) is 7.52. The molecule has 9 heteroatoms. The van der Waals surface area contributed by atoms with Crippen molar-refractivity contribution in [3.05, 3.63) is 0 Å². The summed E-state index contributed by atoms with van der Waals surface area (Å²) in [5.74, 6) is -1.92. The number of rotatable bonds is 4. The van der Waals surface area contributed by atoms with E-state index >= 15 is 0 Å². The zero-order valence-electron chi connectivity index (χ0n) is 12.0. The van der Waals surface area contributed by atoms with Gasteiger partial charge in [-0.15, -0.1) is 0 Å². The number of hydrogen-bond acceptors (Lipinski definition) is 5. The molecule has 2 unspecified atom stereocenters. The summed E-state index contributed by atoms with van der Waals surface area (Å²) in [6, 6.07) is 0. The van der Waals surface area contributed by atoms with Crippen LogP contribution in [0.4, 0.5) is 8.78 Å². The molecule has 2 N–H and O–H groups in total. The minimum absolute atomic E-state index is 0.0438. The first-order valence-corrected chi connectivity index (χ1v) is 8.51. The third-order valence-corrected chi connectivity index (χ3v) is 6.28. The second kappa shape index (κ2) is 4.18. The molecule has 22 heavy (non-hydrogen) atoms. The highest BCUT2D eigenvalue weighted by Gasteiger charge is 2.75. The van der Waals surface area contributed by atoms with E-state index in [9.17, 15) is 27.1 Å². The van der Waals surface area contributed by atoms with Gasteiger partial charge in [-0.3, -0.25) is 4.55 Å². The third kappa shape index (κ3) is 2.16. The first-order valence-electron chi connectivity index (χ1n) is 7.07. The maximum atomic E-state index is 13.2. The van der Waals surface area contributed by atoms with Gasteiger partial charge in [0.15, 0.2) is 0 Å². The molecule has 6 nitrogen and oxygen atoms in total. The zero-order valence-corrected chi connectivity index (χ0v) is 12.8. The number of hydrogen-bond donors (Lipinski definition) is 2. The standard InChI is InChI=1S/C13H18F2O6S/c1-10(7-21-9(16)13(14,15)22(18,19)20)2-8-3-11(4-8)6-12(11,17)5-10/h8,17H,2-7H2,1H3,(H,18,19,20). The number of fused-ring (bicyclic) bond motifs is 2. The Balaban J connectivity index is 1.67. The van der Waals surface area contributed by atoms with E-state index in [2.05, 4.69) is 4.74 Å². The summed E-state index contributed by atoms with van der Waals surface area (Å²) >= 11 is 0. The number of halogens is 2. The molecule has 4 rings (SSSR count). The number of ether oxygens (including phenoxy) is 1. The fraction of sp³-hybridized carbons (Fsp3) is 0.923. The Kier molecular flexibility index (Phi) is 3.05. The predicted molar refractivity (Wildman–Crippen MR) is 69.5 cm³/mol. The Morgan fingerprint density at radius 2 is 1.91 bits per heavy atom. The maximum absolute atomic E-state index is 13.2. The van der Waals surface area contributed by atoms with Gasteiger partial charge in [0.2, 0.25) is 0 Å². The van der Waals surface area contributed by atoms with Crippen molar-refractivity contribution in [1.29, 1.82) is 0 Å². The Bertz CT molecular complexity index is 626. The molecule has 0 radical (unpaired) electrons. The van der Waals surface area contributed by atoms with Gasteiger partial charge in [0.05, 0.1) is 12.2 Å². The van der Waals surface area contributed by atoms with Crippen LogP contribution in [0.1, 0.15) is 39.0 Å². The molecule has 126 valence electrons. The molecular formula is C13H18F2O6S. The molecule has 4 saturated carbocycles. The Labute approximate surface area is 126 Å². The number of carbonyl (C=O) groups excluding carboxylic acids is 1. The fourth-order valence-corrected chi connectivity index (χ4v) is 4.76. The van der Waals surface area contributed by atoms with Crippen LogP contribution in [0, 0.1) is 16.7 Å². The van der Waals surface area contributed by atoms with Crippen molar-refractivity contribution in [2.45, 2.75) is 49.9 Å². The Hall–Kier alpha value is -0.800. The van der Waals surface area contributed by atoms with Gasteiger partial charge in [-0.05, 0) is 38.0 Å². The lowest BCUT2D eigenvalue weighted by Crippen LogP contribution is -2.41. The normalized spacial score (nSPS) is 43.6. The largest absolute Gasteiger partial charge is 0.465 e. The monoisotopic (exact) mass is 340 g/mol. The van der Waals surface area contributed by atoms with Crippen LogP contribution in [0.25, 0.3) is 0 Å². The van der Waals surface area contributed by atoms with Crippen LogP contribution in [0.2, 0.25) is 0 Å². The molecule has 0 saturated heterocycles. The molecule has 4 aliphatic rings. The molecule has 0 heterocycles. The molecule has 0 aliphatic heterocycles. The van der Waals surface area contributed by atoms with Crippen LogP contribution in [-0.4, -0.2) is 41.5 Å². The van der Waals surface area contributed by atoms with E-state index in [4.69, 9.17) is 4.55 Å². The van der Waals surface area contributed by atoms with E-state index in [0.717, 1.165) is 12.8 Å². The summed E-state index contributed by atoms with van der Waals surface area (Å²) in [6.07, 6.45) is 3.44. The van der Waals surface area contributed by atoms with E-state index in [-0.39, 0.29) is 5.41 Å². The number of esters is 1. The molecule has 4 fully saturated rings. The van der Waals surface area contributed by atoms with Gasteiger partial charge in [0, 0.05) is 10.8 Å². The Morgan fingerprint density at radius 3 is 2.45 bits per heavy atom. The van der Waals surface area contributed by atoms with Crippen LogP contribution in [0.3, 0.4) is 0 Å². The van der Waals surface area contributed by atoms with Crippen molar-refractivity contribution < 1.29 is 36.4 Å². The van der Waals surface area contributed by atoms with E-state index < -0.39 is 39.0 Å². The van der Waals surface area contributed by atoms with Crippen LogP contribution >= 0.6 is 0 Å². The lowest BCUT2D eigenvalue weighted by atomic mass is 9.68. The topological polar surface area (TPSA) is 101 Å². The first kappa shape index (κ1) is 16.1. The summed E-state index contributed by atoms with van der Waals surface area (Å²) in [5, 5.41) is 5.51. The second-order valence-corrected chi connectivity index (χ2v) is 8.99. The predicted octanol–water partition coefficient (Wildman–Crippen LogP) is 1.34. The van der Waals surface area contributed by atoms with Gasteiger partial charge in [0.25, 0.3) is 0 Å². The molecule has 2 bridgehead atoms. The number of aliphatic hydroxyl groups is 1. The van der Waals surface area contributed by atoms with E-state index in [0.29, 0.717) is 25.2 Å². The molecule has 0 amide bonds. The molecule has 1 spiro atoms. The molecular weight excluding hydrogens is 322 g/mol. The van der Waals surface area contributed by atoms with Crippen molar-refractivity contribution >= 4 is 16.1 Å². The maximum Gasteiger partial charge on any atom is 0.465 e. The molecule has 0 aromatic rings. The fourth-order valence-electron chi connectivity index (χ4n) is 4.49. The first-order chi connectivity index (χ1) is 9.83. The molecule has 4 aliphatic carbocycles. The summed E-state index contributed by atoms with van der Waals surface area (Å²) in [6.45, 7) is 1.32. The van der Waals surface area contributed by atoms with E-state index in [1.54, 1.807) is 6.92 Å². The van der Waals surface area contributed by atoms with Crippen LogP contribution in [0.15, 0.2) is 0 Å². The van der Waals surface area contributed by atoms with Crippen molar-refractivity contribution in [3.8, 4) is 0 Å². The van der Waals surface area contributed by atoms with Crippen LogP contribution in [-0.2, 0) is 19.6 Å². The third-order valence-electron chi connectivity index (χ3n) is 5.47. The lowest BCUT2D eigenvalue weighted by Gasteiger charge is -2.37. The number of alkyl halides is 2. The van der Waals surface area contributed by atoms with E-state index in [1.807, 2.05) is 0 Å². The van der Waals surface area contributed by atoms with E-state index in [1.165, 1.54) is 0 Å². The highest BCUT2D eigenvalue weighted by Crippen LogP contribution is 2.76. The van der Waals surface area contributed by atoms with Gasteiger partial charge in [0.1, 0.15) is 0 Å². The molecule has 0 aromatic carbocycles. The van der Waals surface area contributed by atoms with Crippen molar-refractivity contribution in [3.63, 3.8) is 0 Å². The lowest BCUT2D eigenvalue weighted by molar-refractivity contribution is -0.165. The summed E-state index contributed by atoms with van der Waals surface area (Å²) in [7, 11) is -5.86. The summed E-state index contributed by atoms with van der Waals surface area (Å²) in [5.41, 5.74) is -1.55. The van der Waals surface area contributed by atoms with Gasteiger partial charge in [-0.25, -0.2) is 4.79 Å². The smallest absolute Gasteiger partial charge is 0.460 e. The zero-order chi connectivity index (χ0) is 16.6. The quantitative estimate of drug-likeness (QED) is 0.592. The average molecular weight is 340 g/mol. The SMILES string of the molecule is CC1(COC(=O)C(F)(F)S(=O)(=O)O)CC2CC3(C2)CC3(O)C1. The van der Waals surface area contributed by atoms with Crippen molar-refractivity contribution in [2.24, 2.45) is 16.7 Å². The van der Waals surface area contributed by atoms with Crippen molar-refractivity contribution in [1.82, 2.24) is 0 Å². The highest BCUT2D eigenvalue weighted by molar-refractivity contribution is 7.87. The summed E-state index contributed by atoms with van der Waals surface area (Å²) < 4.78 is 60.2. The highest BCUT2D eigenvalue weighted by atomic mass is 32.2. The van der Waals surface area contributed by atoms with Gasteiger partial charge < -0.3 is 9.84 Å². The van der Waals surface area contributed by atoms with Gasteiger partial charge in [-0.2, -0.15) is 17.2 Å². The average Bonchev–Trinajstić information content (AvgIpc) is 2.90. The van der Waals surface area contributed by atoms with Gasteiger partial charge >= 0.3 is 21.3 Å². The summed E-state index contributed by atoms with van der Waals surface area (Å²) in [4.78, 5) is 11.3. The van der Waals surface area contributed by atoms with Crippen molar-refractivity contribution in [2.75, 3.05) is 6.61 Å². The van der Waals surface area contributed by atoms with Crippen LogP contribution < -0.4 is 0 Å². The van der Waals surface area contributed by atoms with Gasteiger partial charge in [-0.1, -0.05) is 6.92 Å². The molecule has 2 atom stereocenters. The minimum Gasteiger partial charge on any atom is -0.460 e. The Morgan fingerprint density at radius 1 is 1.32 bits per heavy atom. The number of carbonyl (C=O) groups is 1. The minimum atomic E-state index is -5.86.